The molecule has 170 valence electrons. The molecular weight excluding hydrogens is 422 g/mol. The summed E-state index contributed by atoms with van der Waals surface area (Å²) < 4.78 is 35.9. The summed E-state index contributed by atoms with van der Waals surface area (Å²) in [6.45, 7) is 1.50. The molecule has 8 nitrogen and oxygen atoms in total. The van der Waals surface area contributed by atoms with Crippen LogP contribution < -0.4 is 5.32 Å². The number of ether oxygens (including phenoxy) is 1. The zero-order valence-corrected chi connectivity index (χ0v) is 17.4. The molecular formula is C22H24F2N4O4. The van der Waals surface area contributed by atoms with Crippen LogP contribution in [0.15, 0.2) is 22.6 Å². The number of rotatable bonds is 5. The van der Waals surface area contributed by atoms with Crippen molar-refractivity contribution in [2.24, 2.45) is 5.92 Å². The molecule has 0 radical (unpaired) electrons. The van der Waals surface area contributed by atoms with Crippen molar-refractivity contribution in [1.29, 1.82) is 0 Å². The highest BCUT2D eigenvalue weighted by atomic mass is 19.3. The number of halogens is 2. The highest BCUT2D eigenvalue weighted by Gasteiger charge is 2.39. The minimum absolute atomic E-state index is 0.00271. The van der Waals surface area contributed by atoms with Gasteiger partial charge in [0.15, 0.2) is 0 Å². The largest absolute Gasteiger partial charge is 0.415 e. The number of amides is 2. The summed E-state index contributed by atoms with van der Waals surface area (Å²) in [5.41, 5.74) is 1.78. The SMILES string of the molecule is O=C(N[C@@H]1CCCC[C@H]1N1Cc2ccc(-c3nnc(C(F)F)o3)cc2C1=O)[C@@H]1CCOC1. The summed E-state index contributed by atoms with van der Waals surface area (Å²) >= 11 is 0. The normalized spacial score (nSPS) is 25.4. The molecule has 10 heteroatoms. The number of benzene rings is 1. The fourth-order valence-electron chi connectivity index (χ4n) is 4.86. The van der Waals surface area contributed by atoms with Crippen LogP contribution in [0.5, 0.6) is 0 Å². The Bertz CT molecular complexity index is 1020. The lowest BCUT2D eigenvalue weighted by molar-refractivity contribution is -0.126. The third kappa shape index (κ3) is 3.87. The van der Waals surface area contributed by atoms with Gasteiger partial charge in [0.2, 0.25) is 11.8 Å². The molecule has 2 aromatic rings. The summed E-state index contributed by atoms with van der Waals surface area (Å²) in [7, 11) is 0. The van der Waals surface area contributed by atoms with Gasteiger partial charge in [-0.05, 0) is 37.0 Å². The van der Waals surface area contributed by atoms with Crippen LogP contribution in [0.1, 0.15) is 60.3 Å². The Morgan fingerprint density at radius 1 is 1.19 bits per heavy atom. The van der Waals surface area contributed by atoms with E-state index in [1.165, 1.54) is 0 Å². The summed E-state index contributed by atoms with van der Waals surface area (Å²) in [4.78, 5) is 27.8. The van der Waals surface area contributed by atoms with E-state index < -0.39 is 12.3 Å². The van der Waals surface area contributed by atoms with E-state index in [4.69, 9.17) is 9.15 Å². The van der Waals surface area contributed by atoms with Crippen LogP contribution in [0.3, 0.4) is 0 Å². The summed E-state index contributed by atoms with van der Waals surface area (Å²) in [6, 6.07) is 4.91. The van der Waals surface area contributed by atoms with E-state index in [0.29, 0.717) is 30.9 Å². The van der Waals surface area contributed by atoms with Crippen LogP contribution in [0.25, 0.3) is 11.5 Å². The number of carbonyl (C=O) groups excluding carboxylic acids is 2. The molecule has 1 aliphatic carbocycles. The van der Waals surface area contributed by atoms with E-state index in [9.17, 15) is 18.4 Å². The first-order chi connectivity index (χ1) is 15.5. The zero-order valence-electron chi connectivity index (χ0n) is 17.4. The lowest BCUT2D eigenvalue weighted by Crippen LogP contribution is -2.54. The molecule has 1 aromatic heterocycles. The smallest absolute Gasteiger partial charge is 0.314 e. The van der Waals surface area contributed by atoms with Gasteiger partial charge in [0.25, 0.3) is 11.8 Å². The van der Waals surface area contributed by atoms with Crippen molar-refractivity contribution < 1.29 is 27.5 Å². The molecule has 0 unspecified atom stereocenters. The van der Waals surface area contributed by atoms with Crippen LogP contribution in [0.4, 0.5) is 8.78 Å². The summed E-state index contributed by atoms with van der Waals surface area (Å²) in [5.74, 6) is -1.06. The minimum atomic E-state index is -2.85. The molecule has 3 aliphatic rings. The highest BCUT2D eigenvalue weighted by Crippen LogP contribution is 2.34. The number of hydrogen-bond acceptors (Lipinski definition) is 6. The van der Waals surface area contributed by atoms with E-state index in [1.54, 1.807) is 18.2 Å². The predicted octanol–water partition coefficient (Wildman–Crippen LogP) is 3.09. The van der Waals surface area contributed by atoms with Crippen molar-refractivity contribution in [1.82, 2.24) is 20.4 Å². The number of aromatic nitrogens is 2. The number of alkyl halides is 2. The van der Waals surface area contributed by atoms with Crippen molar-refractivity contribution in [2.75, 3.05) is 13.2 Å². The molecule has 2 amide bonds. The Labute approximate surface area is 183 Å². The monoisotopic (exact) mass is 446 g/mol. The Balaban J connectivity index is 1.34. The second kappa shape index (κ2) is 8.57. The van der Waals surface area contributed by atoms with Crippen LogP contribution in [0, 0.1) is 5.92 Å². The lowest BCUT2D eigenvalue weighted by Gasteiger charge is -2.38. The maximum atomic E-state index is 13.3. The van der Waals surface area contributed by atoms with Gasteiger partial charge < -0.3 is 19.4 Å². The first-order valence-corrected chi connectivity index (χ1v) is 10.9. The Morgan fingerprint density at radius 2 is 2.03 bits per heavy atom. The van der Waals surface area contributed by atoms with Gasteiger partial charge >= 0.3 is 6.43 Å². The van der Waals surface area contributed by atoms with Gasteiger partial charge in [-0.25, -0.2) is 0 Å². The molecule has 32 heavy (non-hydrogen) atoms. The quantitative estimate of drug-likeness (QED) is 0.758. The van der Waals surface area contributed by atoms with Gasteiger partial charge in [0.05, 0.1) is 18.6 Å². The van der Waals surface area contributed by atoms with Crippen LogP contribution in [-0.4, -0.2) is 52.2 Å². The topological polar surface area (TPSA) is 97.6 Å². The van der Waals surface area contributed by atoms with Gasteiger partial charge in [0, 0.05) is 30.3 Å². The maximum absolute atomic E-state index is 13.3. The van der Waals surface area contributed by atoms with E-state index in [-0.39, 0.29) is 35.7 Å². The Hall–Kier alpha value is -2.88. The molecule has 1 N–H and O–H groups in total. The van der Waals surface area contributed by atoms with Crippen molar-refractivity contribution in [3.8, 4) is 11.5 Å². The van der Waals surface area contributed by atoms with E-state index in [2.05, 4.69) is 15.5 Å². The zero-order chi connectivity index (χ0) is 22.2. The van der Waals surface area contributed by atoms with Crippen LogP contribution in [0.2, 0.25) is 0 Å². The fraction of sp³-hybridized carbons (Fsp3) is 0.545. The van der Waals surface area contributed by atoms with Gasteiger partial charge in [0.1, 0.15) is 0 Å². The fourth-order valence-corrected chi connectivity index (χ4v) is 4.86. The molecule has 0 bridgehead atoms. The van der Waals surface area contributed by atoms with E-state index in [0.717, 1.165) is 37.7 Å². The molecule has 2 aliphatic heterocycles. The highest BCUT2D eigenvalue weighted by molar-refractivity contribution is 5.99. The maximum Gasteiger partial charge on any atom is 0.314 e. The number of fused-ring (bicyclic) bond motifs is 1. The number of nitrogens with zero attached hydrogens (tertiary/aromatic N) is 3. The van der Waals surface area contributed by atoms with E-state index >= 15 is 0 Å². The van der Waals surface area contributed by atoms with Crippen molar-refractivity contribution in [2.45, 2.75) is 57.2 Å². The van der Waals surface area contributed by atoms with Gasteiger partial charge in [-0.15, -0.1) is 10.2 Å². The standard InChI is InChI=1S/C22H24F2N4O4/c23-18(24)21-27-26-20(32-21)12-5-6-13-10-28(22(30)15(13)9-12)17-4-2-1-3-16(17)25-19(29)14-7-8-31-11-14/h5-6,9,14,16-18H,1-4,7-8,10-11H2,(H,25,29)/t14-,16-,17-/m1/s1. The molecule has 1 saturated heterocycles. The van der Waals surface area contributed by atoms with Crippen molar-refractivity contribution in [3.63, 3.8) is 0 Å². The van der Waals surface area contributed by atoms with Gasteiger partial charge in [-0.3, -0.25) is 9.59 Å². The Morgan fingerprint density at radius 3 is 2.78 bits per heavy atom. The number of hydrogen-bond donors (Lipinski definition) is 1. The Kier molecular flexibility index (Phi) is 5.62. The second-order valence-electron chi connectivity index (χ2n) is 8.58. The summed E-state index contributed by atoms with van der Waals surface area (Å²) in [5, 5.41) is 10.2. The van der Waals surface area contributed by atoms with Crippen LogP contribution >= 0.6 is 0 Å². The molecule has 1 aromatic carbocycles. The van der Waals surface area contributed by atoms with Crippen molar-refractivity contribution in [3.05, 3.63) is 35.2 Å². The van der Waals surface area contributed by atoms with Gasteiger partial charge in [-0.1, -0.05) is 18.9 Å². The molecule has 3 atom stereocenters. The molecule has 3 heterocycles. The third-order valence-corrected chi connectivity index (χ3v) is 6.57. The number of nitrogens with one attached hydrogen (secondary N) is 1. The van der Waals surface area contributed by atoms with Gasteiger partial charge in [-0.2, -0.15) is 8.78 Å². The lowest BCUT2D eigenvalue weighted by atomic mass is 9.88. The second-order valence-corrected chi connectivity index (χ2v) is 8.58. The average molecular weight is 446 g/mol. The van der Waals surface area contributed by atoms with Crippen LogP contribution in [-0.2, 0) is 16.1 Å². The predicted molar refractivity (Wildman–Crippen MR) is 108 cm³/mol. The minimum Gasteiger partial charge on any atom is -0.415 e. The summed E-state index contributed by atoms with van der Waals surface area (Å²) in [6.07, 6.45) is 1.52. The molecule has 2 fully saturated rings. The first-order valence-electron chi connectivity index (χ1n) is 10.9. The first kappa shape index (κ1) is 21.0. The number of carbonyl (C=O) groups is 2. The third-order valence-electron chi connectivity index (χ3n) is 6.57. The molecule has 5 rings (SSSR count). The molecule has 1 saturated carbocycles. The van der Waals surface area contributed by atoms with E-state index in [1.807, 2.05) is 4.90 Å². The van der Waals surface area contributed by atoms with Crippen molar-refractivity contribution >= 4 is 11.8 Å². The average Bonchev–Trinajstić information content (AvgIpc) is 3.55. The molecule has 0 spiro atoms.